The van der Waals surface area contributed by atoms with Gasteiger partial charge in [0.1, 0.15) is 0 Å². The van der Waals surface area contributed by atoms with Crippen LogP contribution in [0.25, 0.3) is 0 Å². The largest absolute Gasteiger partial charge is 0.382 e. The molecule has 108 valence electrons. The zero-order chi connectivity index (χ0) is 13.9. The number of aromatic nitrogens is 1. The molecule has 0 amide bonds. The Labute approximate surface area is 115 Å². The lowest BCUT2D eigenvalue weighted by Gasteiger charge is -2.34. The van der Waals surface area contributed by atoms with E-state index in [1.807, 2.05) is 0 Å². The summed E-state index contributed by atoms with van der Waals surface area (Å²) in [6.07, 6.45) is 4.31. The van der Waals surface area contributed by atoms with Crippen molar-refractivity contribution in [3.8, 4) is 0 Å². The third-order valence-electron chi connectivity index (χ3n) is 3.84. The molecule has 19 heavy (non-hydrogen) atoms. The monoisotopic (exact) mass is 266 g/mol. The Balaban J connectivity index is 1.96. The number of fused-ring (bicyclic) bond motifs is 1. The SMILES string of the molecule is COCCOCCn1ccc2c1CC(C)(C)CC2N. The second kappa shape index (κ2) is 6.07. The molecular formula is C15H26N2O2. The fraction of sp³-hybridized carbons (Fsp3) is 0.733. The van der Waals surface area contributed by atoms with Crippen LogP contribution >= 0.6 is 0 Å². The van der Waals surface area contributed by atoms with Crippen LogP contribution in [-0.2, 0) is 22.4 Å². The highest BCUT2D eigenvalue weighted by molar-refractivity contribution is 5.30. The summed E-state index contributed by atoms with van der Waals surface area (Å²) >= 11 is 0. The number of nitrogens with two attached hydrogens (primary N) is 1. The number of hydrogen-bond donors (Lipinski definition) is 1. The summed E-state index contributed by atoms with van der Waals surface area (Å²) in [5, 5.41) is 0. The van der Waals surface area contributed by atoms with Crippen LogP contribution in [-0.4, -0.2) is 31.5 Å². The highest BCUT2D eigenvalue weighted by Crippen LogP contribution is 2.39. The molecule has 0 saturated carbocycles. The standard InChI is InChI=1S/C15H26N2O2/c1-15(2)10-13(16)12-4-5-17(14(12)11-15)6-7-19-9-8-18-3/h4-5,13H,6-11,16H2,1-3H3. The molecule has 0 spiro atoms. The van der Waals surface area contributed by atoms with Gasteiger partial charge in [-0.1, -0.05) is 13.8 Å². The van der Waals surface area contributed by atoms with Gasteiger partial charge in [-0.3, -0.25) is 0 Å². The van der Waals surface area contributed by atoms with Gasteiger partial charge in [-0.15, -0.1) is 0 Å². The first-order chi connectivity index (χ1) is 9.03. The van der Waals surface area contributed by atoms with Gasteiger partial charge in [-0.2, -0.15) is 0 Å². The summed E-state index contributed by atoms with van der Waals surface area (Å²) in [6.45, 7) is 7.51. The van der Waals surface area contributed by atoms with Crippen molar-refractivity contribution >= 4 is 0 Å². The van der Waals surface area contributed by atoms with Gasteiger partial charge in [0.25, 0.3) is 0 Å². The van der Waals surface area contributed by atoms with Crippen molar-refractivity contribution in [1.29, 1.82) is 0 Å². The second-order valence-corrected chi connectivity index (χ2v) is 6.17. The van der Waals surface area contributed by atoms with Crippen molar-refractivity contribution in [2.75, 3.05) is 26.9 Å². The van der Waals surface area contributed by atoms with Crippen LogP contribution in [0.2, 0.25) is 0 Å². The van der Waals surface area contributed by atoms with Crippen LogP contribution in [0.5, 0.6) is 0 Å². The molecular weight excluding hydrogens is 240 g/mol. The average molecular weight is 266 g/mol. The lowest BCUT2D eigenvalue weighted by Crippen LogP contribution is -2.30. The van der Waals surface area contributed by atoms with E-state index in [4.69, 9.17) is 15.2 Å². The van der Waals surface area contributed by atoms with E-state index in [9.17, 15) is 0 Å². The Morgan fingerprint density at radius 3 is 2.89 bits per heavy atom. The molecule has 1 aromatic heterocycles. The zero-order valence-electron chi connectivity index (χ0n) is 12.3. The third kappa shape index (κ3) is 3.59. The molecule has 1 aromatic rings. The van der Waals surface area contributed by atoms with E-state index in [-0.39, 0.29) is 6.04 Å². The average Bonchev–Trinajstić information content (AvgIpc) is 2.71. The van der Waals surface area contributed by atoms with Crippen molar-refractivity contribution in [2.45, 2.75) is 39.3 Å². The maximum absolute atomic E-state index is 6.27. The minimum absolute atomic E-state index is 0.175. The summed E-state index contributed by atoms with van der Waals surface area (Å²) in [5.74, 6) is 0. The van der Waals surface area contributed by atoms with E-state index in [0.29, 0.717) is 18.6 Å². The fourth-order valence-electron chi connectivity index (χ4n) is 2.91. The third-order valence-corrected chi connectivity index (χ3v) is 3.84. The first kappa shape index (κ1) is 14.6. The Morgan fingerprint density at radius 2 is 2.16 bits per heavy atom. The minimum atomic E-state index is 0.175. The number of methoxy groups -OCH3 is 1. The smallest absolute Gasteiger partial charge is 0.0701 e. The van der Waals surface area contributed by atoms with Crippen molar-refractivity contribution < 1.29 is 9.47 Å². The molecule has 1 unspecified atom stereocenters. The molecule has 0 fully saturated rings. The Kier molecular flexibility index (Phi) is 4.66. The van der Waals surface area contributed by atoms with Gasteiger partial charge in [0, 0.05) is 31.6 Å². The summed E-state index contributed by atoms with van der Waals surface area (Å²) in [5.41, 5.74) is 9.26. The van der Waals surface area contributed by atoms with Crippen molar-refractivity contribution in [3.63, 3.8) is 0 Å². The predicted octanol–water partition coefficient (Wildman–Crippen LogP) is 2.12. The molecule has 0 saturated heterocycles. The second-order valence-electron chi connectivity index (χ2n) is 6.17. The highest BCUT2D eigenvalue weighted by atomic mass is 16.5. The Bertz CT molecular complexity index is 412. The lowest BCUT2D eigenvalue weighted by atomic mass is 9.74. The summed E-state index contributed by atoms with van der Waals surface area (Å²) < 4.78 is 12.8. The van der Waals surface area contributed by atoms with E-state index in [2.05, 4.69) is 30.7 Å². The van der Waals surface area contributed by atoms with Gasteiger partial charge in [0.05, 0.1) is 19.8 Å². The van der Waals surface area contributed by atoms with E-state index >= 15 is 0 Å². The molecule has 2 N–H and O–H groups in total. The molecule has 0 aromatic carbocycles. The molecule has 4 nitrogen and oxygen atoms in total. The van der Waals surface area contributed by atoms with Crippen molar-refractivity contribution in [1.82, 2.24) is 4.57 Å². The molecule has 1 heterocycles. The van der Waals surface area contributed by atoms with Crippen LogP contribution < -0.4 is 5.73 Å². The minimum Gasteiger partial charge on any atom is -0.382 e. The molecule has 0 radical (unpaired) electrons. The van der Waals surface area contributed by atoms with Crippen LogP contribution in [0.15, 0.2) is 12.3 Å². The summed E-state index contributed by atoms with van der Waals surface area (Å²) in [6, 6.07) is 2.35. The Morgan fingerprint density at radius 1 is 1.37 bits per heavy atom. The quantitative estimate of drug-likeness (QED) is 0.802. The normalized spacial score (nSPS) is 21.4. The van der Waals surface area contributed by atoms with E-state index in [1.54, 1.807) is 7.11 Å². The van der Waals surface area contributed by atoms with Crippen LogP contribution in [0, 0.1) is 5.41 Å². The lowest BCUT2D eigenvalue weighted by molar-refractivity contribution is 0.0661. The van der Waals surface area contributed by atoms with E-state index in [0.717, 1.165) is 26.0 Å². The predicted molar refractivity (Wildman–Crippen MR) is 76.2 cm³/mol. The molecule has 2 rings (SSSR count). The molecule has 4 heteroatoms. The van der Waals surface area contributed by atoms with E-state index < -0.39 is 0 Å². The number of hydrogen-bond acceptors (Lipinski definition) is 3. The van der Waals surface area contributed by atoms with Crippen molar-refractivity contribution in [3.05, 3.63) is 23.5 Å². The van der Waals surface area contributed by atoms with Gasteiger partial charge >= 0.3 is 0 Å². The number of ether oxygens (including phenoxy) is 2. The van der Waals surface area contributed by atoms with Crippen molar-refractivity contribution in [2.24, 2.45) is 11.1 Å². The zero-order valence-corrected chi connectivity index (χ0v) is 12.3. The van der Waals surface area contributed by atoms with Crippen LogP contribution in [0.4, 0.5) is 0 Å². The molecule has 1 atom stereocenters. The fourth-order valence-corrected chi connectivity index (χ4v) is 2.91. The molecule has 1 aliphatic carbocycles. The highest BCUT2D eigenvalue weighted by Gasteiger charge is 2.32. The van der Waals surface area contributed by atoms with Gasteiger partial charge in [-0.25, -0.2) is 0 Å². The van der Waals surface area contributed by atoms with Gasteiger partial charge in [-0.05, 0) is 29.9 Å². The molecule has 0 aliphatic heterocycles. The maximum Gasteiger partial charge on any atom is 0.0701 e. The number of rotatable bonds is 6. The van der Waals surface area contributed by atoms with Crippen LogP contribution in [0.3, 0.4) is 0 Å². The van der Waals surface area contributed by atoms with E-state index in [1.165, 1.54) is 11.3 Å². The maximum atomic E-state index is 6.27. The first-order valence-electron chi connectivity index (χ1n) is 7.04. The van der Waals surface area contributed by atoms with Gasteiger partial charge < -0.3 is 19.8 Å². The van der Waals surface area contributed by atoms with Crippen LogP contribution in [0.1, 0.15) is 37.6 Å². The van der Waals surface area contributed by atoms with Gasteiger partial charge in [0.2, 0.25) is 0 Å². The summed E-state index contributed by atoms with van der Waals surface area (Å²) in [4.78, 5) is 0. The van der Waals surface area contributed by atoms with Gasteiger partial charge in [0.15, 0.2) is 0 Å². The summed E-state index contributed by atoms with van der Waals surface area (Å²) in [7, 11) is 1.69. The first-order valence-corrected chi connectivity index (χ1v) is 7.04. The molecule has 0 bridgehead atoms. The Hall–Kier alpha value is -0.840. The molecule has 1 aliphatic rings. The topological polar surface area (TPSA) is 49.4 Å². The number of nitrogens with zero attached hydrogens (tertiary/aromatic N) is 1.